The number of hydrogen-bond donors (Lipinski definition) is 2. The minimum Gasteiger partial charge on any atom is -0.462 e. The maximum atomic E-state index is 12.0. The SMILES string of the molecule is CCOC(=O)c1ccsc1NC(=O)CNc1ccc(Br)cc1. The van der Waals surface area contributed by atoms with Gasteiger partial charge in [0.05, 0.1) is 18.7 Å². The Balaban J connectivity index is 1.91. The van der Waals surface area contributed by atoms with Gasteiger partial charge in [0.15, 0.2) is 0 Å². The van der Waals surface area contributed by atoms with E-state index in [4.69, 9.17) is 4.74 Å². The van der Waals surface area contributed by atoms with Gasteiger partial charge >= 0.3 is 5.97 Å². The van der Waals surface area contributed by atoms with Crippen LogP contribution in [0.4, 0.5) is 10.7 Å². The molecule has 0 aliphatic carbocycles. The first-order valence-electron chi connectivity index (χ1n) is 6.64. The van der Waals surface area contributed by atoms with E-state index in [1.807, 2.05) is 24.3 Å². The van der Waals surface area contributed by atoms with E-state index in [1.165, 1.54) is 11.3 Å². The van der Waals surface area contributed by atoms with Gasteiger partial charge in [-0.15, -0.1) is 11.3 Å². The number of benzene rings is 1. The van der Waals surface area contributed by atoms with E-state index in [9.17, 15) is 9.59 Å². The number of carbonyl (C=O) groups is 2. The van der Waals surface area contributed by atoms with Crippen LogP contribution in [0.1, 0.15) is 17.3 Å². The topological polar surface area (TPSA) is 67.4 Å². The predicted octanol–water partition coefficient (Wildman–Crippen LogP) is 3.74. The van der Waals surface area contributed by atoms with Crippen LogP contribution in [0.2, 0.25) is 0 Å². The van der Waals surface area contributed by atoms with Crippen LogP contribution in [-0.4, -0.2) is 25.0 Å². The van der Waals surface area contributed by atoms with Gasteiger partial charge in [0.2, 0.25) is 5.91 Å². The zero-order valence-electron chi connectivity index (χ0n) is 11.9. The van der Waals surface area contributed by atoms with Crippen LogP contribution in [0.15, 0.2) is 40.2 Å². The number of amides is 1. The monoisotopic (exact) mass is 382 g/mol. The van der Waals surface area contributed by atoms with Crippen LogP contribution >= 0.6 is 27.3 Å². The molecule has 0 atom stereocenters. The summed E-state index contributed by atoms with van der Waals surface area (Å²) in [5.74, 6) is -0.657. The van der Waals surface area contributed by atoms with Crippen molar-refractivity contribution < 1.29 is 14.3 Å². The van der Waals surface area contributed by atoms with Gasteiger partial charge in [0, 0.05) is 10.2 Å². The summed E-state index contributed by atoms with van der Waals surface area (Å²) >= 11 is 4.64. The summed E-state index contributed by atoms with van der Waals surface area (Å²) in [6.07, 6.45) is 0. The fraction of sp³-hybridized carbons (Fsp3) is 0.200. The smallest absolute Gasteiger partial charge is 0.341 e. The zero-order chi connectivity index (χ0) is 15.9. The summed E-state index contributed by atoms with van der Waals surface area (Å²) in [5, 5.41) is 7.97. The summed E-state index contributed by atoms with van der Waals surface area (Å²) < 4.78 is 5.92. The first-order valence-corrected chi connectivity index (χ1v) is 8.31. The van der Waals surface area contributed by atoms with Gasteiger partial charge in [-0.1, -0.05) is 15.9 Å². The summed E-state index contributed by atoms with van der Waals surface area (Å²) in [4.78, 5) is 23.7. The maximum absolute atomic E-state index is 12.0. The molecule has 0 fully saturated rings. The summed E-state index contributed by atoms with van der Waals surface area (Å²) in [6, 6.07) is 9.15. The molecule has 2 aromatic rings. The van der Waals surface area contributed by atoms with Crippen molar-refractivity contribution in [3.05, 3.63) is 45.7 Å². The first kappa shape index (κ1) is 16.5. The second-order valence-electron chi connectivity index (χ2n) is 4.29. The molecule has 1 aromatic heterocycles. The largest absolute Gasteiger partial charge is 0.462 e. The molecule has 1 amide bonds. The molecule has 0 aliphatic rings. The molecule has 0 saturated carbocycles. The molecule has 0 spiro atoms. The third kappa shape index (κ3) is 4.57. The molecule has 0 aliphatic heterocycles. The molecule has 0 saturated heterocycles. The van der Waals surface area contributed by atoms with Crippen LogP contribution < -0.4 is 10.6 Å². The van der Waals surface area contributed by atoms with Crippen molar-refractivity contribution in [3.63, 3.8) is 0 Å². The highest BCUT2D eigenvalue weighted by atomic mass is 79.9. The average Bonchev–Trinajstić information content (AvgIpc) is 2.95. The van der Waals surface area contributed by atoms with E-state index in [2.05, 4.69) is 26.6 Å². The first-order chi connectivity index (χ1) is 10.6. The second kappa shape index (κ2) is 7.95. The van der Waals surface area contributed by atoms with Crippen LogP contribution in [0, 0.1) is 0 Å². The minimum atomic E-state index is -0.431. The van der Waals surface area contributed by atoms with Crippen molar-refractivity contribution in [2.24, 2.45) is 0 Å². The Kier molecular flexibility index (Phi) is 5.97. The van der Waals surface area contributed by atoms with Crippen molar-refractivity contribution in [2.45, 2.75) is 6.92 Å². The number of halogens is 1. The van der Waals surface area contributed by atoms with Gasteiger partial charge in [-0.05, 0) is 42.6 Å². The van der Waals surface area contributed by atoms with E-state index >= 15 is 0 Å². The van der Waals surface area contributed by atoms with E-state index in [0.29, 0.717) is 17.2 Å². The predicted molar refractivity (Wildman–Crippen MR) is 91.5 cm³/mol. The number of esters is 1. The molecule has 0 bridgehead atoms. The molecule has 7 heteroatoms. The van der Waals surface area contributed by atoms with Crippen molar-refractivity contribution in [1.82, 2.24) is 0 Å². The van der Waals surface area contributed by atoms with Gasteiger partial charge in [-0.2, -0.15) is 0 Å². The third-order valence-electron chi connectivity index (χ3n) is 2.71. The Bertz CT molecular complexity index is 655. The Hall–Kier alpha value is -1.86. The lowest BCUT2D eigenvalue weighted by molar-refractivity contribution is -0.114. The van der Waals surface area contributed by atoms with E-state index in [0.717, 1.165) is 10.2 Å². The fourth-order valence-corrected chi connectivity index (χ4v) is 2.75. The zero-order valence-corrected chi connectivity index (χ0v) is 14.3. The average molecular weight is 383 g/mol. The van der Waals surface area contributed by atoms with Crippen molar-refractivity contribution in [2.75, 3.05) is 23.8 Å². The lowest BCUT2D eigenvalue weighted by atomic mass is 10.3. The van der Waals surface area contributed by atoms with Crippen molar-refractivity contribution in [3.8, 4) is 0 Å². The lowest BCUT2D eigenvalue weighted by Crippen LogP contribution is -2.22. The quantitative estimate of drug-likeness (QED) is 0.746. The Morgan fingerprint density at radius 1 is 1.23 bits per heavy atom. The van der Waals surface area contributed by atoms with Crippen LogP contribution in [0.5, 0.6) is 0 Å². The second-order valence-corrected chi connectivity index (χ2v) is 6.12. The number of anilines is 2. The molecule has 5 nitrogen and oxygen atoms in total. The molecule has 22 heavy (non-hydrogen) atoms. The third-order valence-corrected chi connectivity index (χ3v) is 4.07. The van der Waals surface area contributed by atoms with Crippen LogP contribution in [-0.2, 0) is 9.53 Å². The maximum Gasteiger partial charge on any atom is 0.341 e. The normalized spacial score (nSPS) is 10.1. The number of carbonyl (C=O) groups excluding carboxylic acids is 2. The number of hydrogen-bond acceptors (Lipinski definition) is 5. The molecule has 1 aromatic carbocycles. The molecule has 0 radical (unpaired) electrons. The Morgan fingerprint density at radius 3 is 2.64 bits per heavy atom. The van der Waals surface area contributed by atoms with E-state index in [-0.39, 0.29) is 12.5 Å². The standard InChI is InChI=1S/C15H15BrN2O3S/c1-2-21-15(20)12-7-8-22-14(12)18-13(19)9-17-11-5-3-10(16)4-6-11/h3-8,17H,2,9H2,1H3,(H,18,19). The van der Waals surface area contributed by atoms with Gasteiger partial charge in [-0.3, -0.25) is 4.79 Å². The molecule has 116 valence electrons. The van der Waals surface area contributed by atoms with Crippen LogP contribution in [0.25, 0.3) is 0 Å². The highest BCUT2D eigenvalue weighted by Crippen LogP contribution is 2.24. The summed E-state index contributed by atoms with van der Waals surface area (Å²) in [5.41, 5.74) is 1.22. The van der Waals surface area contributed by atoms with E-state index in [1.54, 1.807) is 18.4 Å². The summed E-state index contributed by atoms with van der Waals surface area (Å²) in [6.45, 7) is 2.15. The minimum absolute atomic E-state index is 0.113. The Morgan fingerprint density at radius 2 is 1.95 bits per heavy atom. The van der Waals surface area contributed by atoms with Gasteiger partial charge < -0.3 is 15.4 Å². The number of nitrogens with one attached hydrogen (secondary N) is 2. The number of thiophene rings is 1. The summed E-state index contributed by atoms with van der Waals surface area (Å²) in [7, 11) is 0. The fourth-order valence-electron chi connectivity index (χ4n) is 1.70. The van der Waals surface area contributed by atoms with Crippen LogP contribution in [0.3, 0.4) is 0 Å². The van der Waals surface area contributed by atoms with E-state index < -0.39 is 5.97 Å². The molecule has 2 N–H and O–H groups in total. The molecule has 0 unspecified atom stereocenters. The highest BCUT2D eigenvalue weighted by molar-refractivity contribution is 9.10. The molecule has 1 heterocycles. The Labute approximate surface area is 140 Å². The molecule has 2 rings (SSSR count). The van der Waals surface area contributed by atoms with Crippen molar-refractivity contribution in [1.29, 1.82) is 0 Å². The van der Waals surface area contributed by atoms with Gasteiger partial charge in [-0.25, -0.2) is 4.79 Å². The van der Waals surface area contributed by atoms with Gasteiger partial charge in [0.1, 0.15) is 5.00 Å². The lowest BCUT2D eigenvalue weighted by Gasteiger charge is -2.08. The molecular weight excluding hydrogens is 368 g/mol. The number of rotatable bonds is 6. The van der Waals surface area contributed by atoms with Gasteiger partial charge in [0.25, 0.3) is 0 Å². The van der Waals surface area contributed by atoms with Crippen molar-refractivity contribution >= 4 is 49.8 Å². The number of ether oxygens (including phenoxy) is 1. The highest BCUT2D eigenvalue weighted by Gasteiger charge is 2.15. The molecular formula is C15H15BrN2O3S.